The Morgan fingerprint density at radius 2 is 2.14 bits per heavy atom. The Kier molecular flexibility index (Phi) is 4.45. The molecule has 1 aromatic rings. The highest BCUT2D eigenvalue weighted by atomic mass is 16.4. The molecule has 1 aliphatic carbocycles. The third kappa shape index (κ3) is 3.32. The van der Waals surface area contributed by atoms with Gasteiger partial charge in [0.05, 0.1) is 11.0 Å². The molecule has 0 unspecified atom stereocenters. The van der Waals surface area contributed by atoms with E-state index < -0.39 is 17.3 Å². The molecule has 1 amide bonds. The van der Waals surface area contributed by atoms with E-state index in [1.165, 1.54) is 0 Å². The first-order chi connectivity index (χ1) is 9.94. The minimum atomic E-state index is -0.793. The summed E-state index contributed by atoms with van der Waals surface area (Å²) in [5.41, 5.74) is 4.79. The summed E-state index contributed by atoms with van der Waals surface area (Å²) in [6.07, 6.45) is 4.62. The number of nitrogens with one attached hydrogen (secondary N) is 1. The first-order valence-electron chi connectivity index (χ1n) is 7.17. The number of aliphatic carboxylic acids is 1. The number of carboxylic acid groups (broad SMARTS) is 1. The first kappa shape index (κ1) is 15.3. The molecule has 0 saturated heterocycles. The summed E-state index contributed by atoms with van der Waals surface area (Å²) >= 11 is 0. The maximum absolute atomic E-state index is 11.7. The number of pyridine rings is 1. The van der Waals surface area contributed by atoms with Crippen LogP contribution in [0.5, 0.6) is 0 Å². The lowest BCUT2D eigenvalue weighted by Crippen LogP contribution is -2.41. The number of carbonyl (C=O) groups excluding carboxylic acids is 1. The Balaban J connectivity index is 2.13. The van der Waals surface area contributed by atoms with Crippen LogP contribution < -0.4 is 11.1 Å². The molecule has 4 N–H and O–H groups in total. The summed E-state index contributed by atoms with van der Waals surface area (Å²) < 4.78 is 0. The summed E-state index contributed by atoms with van der Waals surface area (Å²) in [5, 5.41) is 12.6. The Bertz CT molecular complexity index is 537. The standard InChI is InChI=1S/C15H21N3O3/c1-10-4-6-15(7-5-10,14(20)21)9-18-13-11(12(16)19)3-2-8-17-13/h2-3,8,10H,4-7,9H2,1H3,(H2,16,19)(H,17,18)(H,20,21). The molecular weight excluding hydrogens is 270 g/mol. The third-order valence-electron chi connectivity index (χ3n) is 4.35. The number of primary amides is 1. The van der Waals surface area contributed by atoms with Crippen LogP contribution in [-0.4, -0.2) is 28.5 Å². The number of carboxylic acids is 1. The van der Waals surface area contributed by atoms with Crippen molar-refractivity contribution in [1.29, 1.82) is 0 Å². The number of carbonyl (C=O) groups is 2. The van der Waals surface area contributed by atoms with Crippen molar-refractivity contribution in [1.82, 2.24) is 4.98 Å². The SMILES string of the molecule is CC1CCC(CNc2ncccc2C(N)=O)(C(=O)O)CC1. The predicted molar refractivity (Wildman–Crippen MR) is 78.9 cm³/mol. The highest BCUT2D eigenvalue weighted by Gasteiger charge is 2.41. The molecule has 114 valence electrons. The van der Waals surface area contributed by atoms with Crippen LogP contribution in [0.2, 0.25) is 0 Å². The predicted octanol–water partition coefficient (Wildman–Crippen LogP) is 1.87. The molecular formula is C15H21N3O3. The van der Waals surface area contributed by atoms with Crippen LogP contribution in [-0.2, 0) is 4.79 Å². The number of nitrogens with zero attached hydrogens (tertiary/aromatic N) is 1. The van der Waals surface area contributed by atoms with Gasteiger partial charge in [-0.15, -0.1) is 0 Å². The third-order valence-corrected chi connectivity index (χ3v) is 4.35. The molecule has 21 heavy (non-hydrogen) atoms. The highest BCUT2D eigenvalue weighted by molar-refractivity contribution is 5.97. The van der Waals surface area contributed by atoms with Crippen LogP contribution in [0.4, 0.5) is 5.82 Å². The van der Waals surface area contributed by atoms with Crippen molar-refractivity contribution in [3.8, 4) is 0 Å². The van der Waals surface area contributed by atoms with E-state index in [4.69, 9.17) is 5.73 Å². The zero-order valence-electron chi connectivity index (χ0n) is 12.1. The van der Waals surface area contributed by atoms with Gasteiger partial charge in [-0.05, 0) is 43.7 Å². The molecule has 1 aliphatic rings. The van der Waals surface area contributed by atoms with Gasteiger partial charge in [-0.1, -0.05) is 6.92 Å². The molecule has 0 spiro atoms. The molecule has 6 heteroatoms. The van der Waals surface area contributed by atoms with Crippen molar-refractivity contribution < 1.29 is 14.7 Å². The summed E-state index contributed by atoms with van der Waals surface area (Å²) in [6, 6.07) is 3.20. The van der Waals surface area contributed by atoms with E-state index in [0.29, 0.717) is 24.6 Å². The molecule has 6 nitrogen and oxygen atoms in total. The zero-order valence-corrected chi connectivity index (χ0v) is 12.1. The molecule has 1 saturated carbocycles. The van der Waals surface area contributed by atoms with E-state index in [2.05, 4.69) is 17.2 Å². The second-order valence-corrected chi connectivity index (χ2v) is 5.89. The van der Waals surface area contributed by atoms with Crippen molar-refractivity contribution in [2.45, 2.75) is 32.6 Å². The van der Waals surface area contributed by atoms with Gasteiger partial charge in [-0.2, -0.15) is 0 Å². The van der Waals surface area contributed by atoms with Crippen molar-refractivity contribution in [2.75, 3.05) is 11.9 Å². The van der Waals surface area contributed by atoms with Crippen LogP contribution >= 0.6 is 0 Å². The topological polar surface area (TPSA) is 105 Å². The maximum atomic E-state index is 11.7. The first-order valence-corrected chi connectivity index (χ1v) is 7.17. The second kappa shape index (κ2) is 6.11. The minimum Gasteiger partial charge on any atom is -0.481 e. The van der Waals surface area contributed by atoms with Gasteiger partial charge in [0.2, 0.25) is 0 Å². The second-order valence-electron chi connectivity index (χ2n) is 5.89. The zero-order chi connectivity index (χ0) is 15.5. The van der Waals surface area contributed by atoms with Crippen molar-refractivity contribution in [3.63, 3.8) is 0 Å². The lowest BCUT2D eigenvalue weighted by atomic mass is 9.71. The van der Waals surface area contributed by atoms with Gasteiger partial charge >= 0.3 is 5.97 Å². The number of hydrogen-bond donors (Lipinski definition) is 3. The summed E-state index contributed by atoms with van der Waals surface area (Å²) in [6.45, 7) is 2.40. The molecule has 1 fully saturated rings. The van der Waals surface area contributed by atoms with E-state index in [1.807, 2.05) is 0 Å². The van der Waals surface area contributed by atoms with Gasteiger partial charge in [-0.3, -0.25) is 9.59 Å². The molecule has 0 radical (unpaired) electrons. The Hall–Kier alpha value is -2.11. The van der Waals surface area contributed by atoms with Gasteiger partial charge in [0, 0.05) is 12.7 Å². The number of rotatable bonds is 5. The number of nitrogens with two attached hydrogens (primary N) is 1. The molecule has 1 aromatic heterocycles. The van der Waals surface area contributed by atoms with E-state index in [-0.39, 0.29) is 12.1 Å². The average Bonchev–Trinajstić information content (AvgIpc) is 2.47. The fraction of sp³-hybridized carbons (Fsp3) is 0.533. The Morgan fingerprint density at radius 1 is 1.48 bits per heavy atom. The van der Waals surface area contributed by atoms with Gasteiger partial charge in [-0.25, -0.2) is 4.98 Å². The van der Waals surface area contributed by atoms with Crippen LogP contribution in [0.15, 0.2) is 18.3 Å². The van der Waals surface area contributed by atoms with Crippen LogP contribution in [0.3, 0.4) is 0 Å². The fourth-order valence-corrected chi connectivity index (χ4v) is 2.78. The minimum absolute atomic E-state index is 0.256. The smallest absolute Gasteiger partial charge is 0.311 e. The lowest BCUT2D eigenvalue weighted by molar-refractivity contribution is -0.150. The molecule has 0 aliphatic heterocycles. The van der Waals surface area contributed by atoms with Gasteiger partial charge in [0.15, 0.2) is 0 Å². The summed E-state index contributed by atoms with van der Waals surface area (Å²) in [4.78, 5) is 27.1. The van der Waals surface area contributed by atoms with Crippen molar-refractivity contribution in [2.24, 2.45) is 17.1 Å². The van der Waals surface area contributed by atoms with Crippen molar-refractivity contribution in [3.05, 3.63) is 23.9 Å². The highest BCUT2D eigenvalue weighted by Crippen LogP contribution is 2.39. The van der Waals surface area contributed by atoms with E-state index in [9.17, 15) is 14.7 Å². The molecule has 0 atom stereocenters. The van der Waals surface area contributed by atoms with Gasteiger partial charge in [0.25, 0.3) is 5.91 Å². The van der Waals surface area contributed by atoms with Gasteiger partial charge < -0.3 is 16.2 Å². The summed E-state index contributed by atoms with van der Waals surface area (Å²) in [5.74, 6) is -0.455. The molecule has 0 bridgehead atoms. The number of aromatic nitrogens is 1. The fourth-order valence-electron chi connectivity index (χ4n) is 2.78. The average molecular weight is 291 g/mol. The Morgan fingerprint density at radius 3 is 2.71 bits per heavy atom. The largest absolute Gasteiger partial charge is 0.481 e. The lowest BCUT2D eigenvalue weighted by Gasteiger charge is -2.36. The quantitative estimate of drug-likeness (QED) is 0.768. The van der Waals surface area contributed by atoms with Crippen LogP contribution in [0.25, 0.3) is 0 Å². The molecule has 0 aromatic carbocycles. The number of hydrogen-bond acceptors (Lipinski definition) is 4. The maximum Gasteiger partial charge on any atom is 0.311 e. The van der Waals surface area contributed by atoms with E-state index in [1.54, 1.807) is 18.3 Å². The monoisotopic (exact) mass is 291 g/mol. The molecule has 1 heterocycles. The van der Waals surface area contributed by atoms with Crippen LogP contribution in [0.1, 0.15) is 43.0 Å². The molecule has 2 rings (SSSR count). The normalized spacial score (nSPS) is 25.3. The number of anilines is 1. The van der Waals surface area contributed by atoms with E-state index in [0.717, 1.165) is 12.8 Å². The van der Waals surface area contributed by atoms with Gasteiger partial charge in [0.1, 0.15) is 5.82 Å². The summed E-state index contributed by atoms with van der Waals surface area (Å²) in [7, 11) is 0. The van der Waals surface area contributed by atoms with Crippen LogP contribution in [0, 0.1) is 11.3 Å². The van der Waals surface area contributed by atoms with E-state index >= 15 is 0 Å². The van der Waals surface area contributed by atoms with Crippen molar-refractivity contribution >= 4 is 17.7 Å². The Labute approximate surface area is 123 Å². The number of amides is 1.